The summed E-state index contributed by atoms with van der Waals surface area (Å²) in [4.78, 5) is 2.35. The highest BCUT2D eigenvalue weighted by Gasteiger charge is 2.19. The average molecular weight is 326 g/mol. The molecule has 0 amide bonds. The molecule has 1 aliphatic heterocycles. The SMILES string of the molecule is Cl.N[C@H]1CCN(Cc2ccc(Br)cc2Cl)C1. The molecule has 0 aliphatic carbocycles. The van der Waals surface area contributed by atoms with Gasteiger partial charge >= 0.3 is 0 Å². The van der Waals surface area contributed by atoms with E-state index in [9.17, 15) is 0 Å². The Morgan fingerprint density at radius 3 is 2.81 bits per heavy atom. The van der Waals surface area contributed by atoms with Gasteiger partial charge in [0.25, 0.3) is 0 Å². The Hall–Kier alpha value is 0.200. The summed E-state index contributed by atoms with van der Waals surface area (Å²) in [5.74, 6) is 0. The van der Waals surface area contributed by atoms with Gasteiger partial charge in [0, 0.05) is 35.2 Å². The molecule has 1 saturated heterocycles. The number of hydrogen-bond donors (Lipinski definition) is 1. The van der Waals surface area contributed by atoms with Crippen LogP contribution in [0.4, 0.5) is 0 Å². The molecule has 0 bridgehead atoms. The molecule has 0 aromatic heterocycles. The molecule has 0 unspecified atom stereocenters. The number of rotatable bonds is 2. The maximum Gasteiger partial charge on any atom is 0.0462 e. The second kappa shape index (κ2) is 6.22. The zero-order chi connectivity index (χ0) is 10.8. The van der Waals surface area contributed by atoms with E-state index in [0.717, 1.165) is 35.6 Å². The maximum absolute atomic E-state index is 6.16. The average Bonchev–Trinajstić information content (AvgIpc) is 2.56. The summed E-state index contributed by atoms with van der Waals surface area (Å²) in [6.07, 6.45) is 1.09. The van der Waals surface area contributed by atoms with Crippen LogP contribution in [0.2, 0.25) is 5.02 Å². The molecule has 2 nitrogen and oxygen atoms in total. The fraction of sp³-hybridized carbons (Fsp3) is 0.455. The predicted octanol–water partition coefficient (Wildman–Crippen LogP) is 3.06. The van der Waals surface area contributed by atoms with E-state index in [4.69, 9.17) is 17.3 Å². The topological polar surface area (TPSA) is 29.3 Å². The lowest BCUT2D eigenvalue weighted by molar-refractivity contribution is 0.327. The Morgan fingerprint density at radius 2 is 2.25 bits per heavy atom. The second-order valence-corrected chi connectivity index (χ2v) is 5.34. The van der Waals surface area contributed by atoms with Crippen LogP contribution in [0, 0.1) is 0 Å². The lowest BCUT2D eigenvalue weighted by Crippen LogP contribution is -2.26. The maximum atomic E-state index is 6.16. The number of hydrogen-bond acceptors (Lipinski definition) is 2. The van der Waals surface area contributed by atoms with Crippen molar-refractivity contribution in [1.29, 1.82) is 0 Å². The van der Waals surface area contributed by atoms with Gasteiger partial charge in [-0.3, -0.25) is 4.90 Å². The summed E-state index contributed by atoms with van der Waals surface area (Å²) in [6, 6.07) is 6.36. The number of nitrogens with two attached hydrogens (primary N) is 1. The summed E-state index contributed by atoms with van der Waals surface area (Å²) in [7, 11) is 0. The number of nitrogens with zero attached hydrogens (tertiary/aromatic N) is 1. The van der Waals surface area contributed by atoms with Crippen molar-refractivity contribution in [1.82, 2.24) is 4.90 Å². The summed E-state index contributed by atoms with van der Waals surface area (Å²) in [5, 5.41) is 0.824. The monoisotopic (exact) mass is 324 g/mol. The minimum atomic E-state index is 0. The molecule has 90 valence electrons. The molecular formula is C11H15BrCl2N2. The van der Waals surface area contributed by atoms with Crippen LogP contribution in [0.1, 0.15) is 12.0 Å². The fourth-order valence-corrected chi connectivity index (χ4v) is 2.63. The molecule has 1 fully saturated rings. The van der Waals surface area contributed by atoms with E-state index < -0.39 is 0 Å². The zero-order valence-corrected chi connectivity index (χ0v) is 12.0. The Labute approximate surface area is 116 Å². The number of likely N-dealkylation sites (tertiary alicyclic amines) is 1. The Morgan fingerprint density at radius 1 is 1.50 bits per heavy atom. The minimum Gasteiger partial charge on any atom is -0.326 e. The molecular weight excluding hydrogens is 311 g/mol. The van der Waals surface area contributed by atoms with E-state index in [-0.39, 0.29) is 12.4 Å². The van der Waals surface area contributed by atoms with E-state index >= 15 is 0 Å². The molecule has 16 heavy (non-hydrogen) atoms. The minimum absolute atomic E-state index is 0. The van der Waals surface area contributed by atoms with E-state index in [0.29, 0.717) is 6.04 Å². The van der Waals surface area contributed by atoms with Crippen LogP contribution in [0.5, 0.6) is 0 Å². The lowest BCUT2D eigenvalue weighted by Gasteiger charge is -2.16. The number of halogens is 3. The molecule has 2 N–H and O–H groups in total. The first kappa shape index (κ1) is 14.3. The highest BCUT2D eigenvalue weighted by Crippen LogP contribution is 2.23. The molecule has 0 saturated carbocycles. The van der Waals surface area contributed by atoms with E-state index in [2.05, 4.69) is 26.9 Å². The standard InChI is InChI=1S/C11H14BrClN2.ClH/c12-9-2-1-8(11(13)5-9)6-15-4-3-10(14)7-15;/h1-2,5,10H,3-4,6-7,14H2;1H/t10-;/m0./s1. The molecule has 1 heterocycles. The molecule has 1 aromatic carbocycles. The van der Waals surface area contributed by atoms with Crippen molar-refractivity contribution in [2.24, 2.45) is 5.73 Å². The fourth-order valence-electron chi connectivity index (χ4n) is 1.90. The van der Waals surface area contributed by atoms with Crippen LogP contribution in [-0.2, 0) is 6.54 Å². The lowest BCUT2D eigenvalue weighted by atomic mass is 10.2. The molecule has 0 radical (unpaired) electrons. The van der Waals surface area contributed by atoms with Crippen molar-refractivity contribution < 1.29 is 0 Å². The van der Waals surface area contributed by atoms with Gasteiger partial charge in [0.1, 0.15) is 0 Å². The Bertz CT molecular complexity index is 360. The second-order valence-electron chi connectivity index (χ2n) is 4.02. The van der Waals surface area contributed by atoms with Gasteiger partial charge in [0.05, 0.1) is 0 Å². The zero-order valence-electron chi connectivity index (χ0n) is 8.83. The van der Waals surface area contributed by atoms with Gasteiger partial charge < -0.3 is 5.73 Å². The van der Waals surface area contributed by atoms with E-state index in [1.165, 1.54) is 5.56 Å². The molecule has 2 rings (SSSR count). The van der Waals surface area contributed by atoms with Gasteiger partial charge in [-0.15, -0.1) is 12.4 Å². The van der Waals surface area contributed by atoms with Crippen molar-refractivity contribution in [3.8, 4) is 0 Å². The third-order valence-electron chi connectivity index (χ3n) is 2.72. The largest absolute Gasteiger partial charge is 0.326 e. The third kappa shape index (κ3) is 3.60. The van der Waals surface area contributed by atoms with Crippen LogP contribution < -0.4 is 5.73 Å². The first-order valence-electron chi connectivity index (χ1n) is 5.07. The molecule has 0 spiro atoms. The Balaban J connectivity index is 0.00000128. The molecule has 1 aliphatic rings. The molecule has 5 heteroatoms. The van der Waals surface area contributed by atoms with Crippen molar-refractivity contribution in [3.05, 3.63) is 33.3 Å². The molecule has 1 aromatic rings. The first-order valence-corrected chi connectivity index (χ1v) is 6.24. The van der Waals surface area contributed by atoms with Crippen molar-refractivity contribution in [2.75, 3.05) is 13.1 Å². The van der Waals surface area contributed by atoms with E-state index in [1.807, 2.05) is 12.1 Å². The first-order chi connectivity index (χ1) is 7.15. The molecule has 1 atom stereocenters. The summed E-state index contributed by atoms with van der Waals surface area (Å²) < 4.78 is 1.02. The van der Waals surface area contributed by atoms with Crippen molar-refractivity contribution >= 4 is 39.9 Å². The van der Waals surface area contributed by atoms with Crippen molar-refractivity contribution in [2.45, 2.75) is 19.0 Å². The van der Waals surface area contributed by atoms with Gasteiger partial charge in [0.2, 0.25) is 0 Å². The van der Waals surface area contributed by atoms with Crippen LogP contribution in [0.15, 0.2) is 22.7 Å². The van der Waals surface area contributed by atoms with Crippen LogP contribution >= 0.6 is 39.9 Å². The smallest absolute Gasteiger partial charge is 0.0462 e. The number of benzene rings is 1. The highest BCUT2D eigenvalue weighted by atomic mass is 79.9. The van der Waals surface area contributed by atoms with Crippen LogP contribution in [0.25, 0.3) is 0 Å². The van der Waals surface area contributed by atoms with Gasteiger partial charge in [-0.05, 0) is 24.1 Å². The van der Waals surface area contributed by atoms with Gasteiger partial charge in [-0.1, -0.05) is 33.6 Å². The van der Waals surface area contributed by atoms with E-state index in [1.54, 1.807) is 0 Å². The summed E-state index contributed by atoms with van der Waals surface area (Å²) in [6.45, 7) is 2.96. The van der Waals surface area contributed by atoms with Gasteiger partial charge in [-0.2, -0.15) is 0 Å². The Kier molecular flexibility index (Phi) is 5.54. The van der Waals surface area contributed by atoms with Gasteiger partial charge in [0.15, 0.2) is 0 Å². The van der Waals surface area contributed by atoms with Gasteiger partial charge in [-0.25, -0.2) is 0 Å². The predicted molar refractivity (Wildman–Crippen MR) is 74.3 cm³/mol. The quantitative estimate of drug-likeness (QED) is 0.905. The summed E-state index contributed by atoms with van der Waals surface area (Å²) in [5.41, 5.74) is 7.03. The third-order valence-corrected chi connectivity index (χ3v) is 3.56. The highest BCUT2D eigenvalue weighted by molar-refractivity contribution is 9.10. The van der Waals surface area contributed by atoms with Crippen LogP contribution in [-0.4, -0.2) is 24.0 Å². The normalized spacial score (nSPS) is 20.8. The summed E-state index contributed by atoms with van der Waals surface area (Å²) >= 11 is 9.56. The van der Waals surface area contributed by atoms with Crippen molar-refractivity contribution in [3.63, 3.8) is 0 Å². The van der Waals surface area contributed by atoms with Crippen LogP contribution in [0.3, 0.4) is 0 Å².